The molecule has 0 radical (unpaired) electrons. The Morgan fingerprint density at radius 3 is 2.43 bits per heavy atom. The van der Waals surface area contributed by atoms with Crippen LogP contribution in [0.5, 0.6) is 5.75 Å². The minimum Gasteiger partial charge on any atom is -0.486 e. The Kier molecular flexibility index (Phi) is 5.53. The number of benzene rings is 3. The molecule has 0 saturated heterocycles. The lowest BCUT2D eigenvalue weighted by molar-refractivity contribution is 0.302. The average Bonchev–Trinajstić information content (AvgIpc) is 2.68. The summed E-state index contributed by atoms with van der Waals surface area (Å²) in [4.78, 5) is 19.8. The van der Waals surface area contributed by atoms with Gasteiger partial charge in [-0.3, -0.25) is 4.79 Å². The number of para-hydroxylation sites is 1. The Morgan fingerprint density at radius 1 is 1.00 bits per heavy atom. The Morgan fingerprint density at radius 2 is 1.68 bits per heavy atom. The van der Waals surface area contributed by atoms with Crippen LogP contribution in [0.3, 0.4) is 0 Å². The van der Waals surface area contributed by atoms with Crippen LogP contribution in [0.1, 0.15) is 5.56 Å². The number of aromatic amines is 1. The second-order valence-electron chi connectivity index (χ2n) is 6.08. The lowest BCUT2D eigenvalue weighted by atomic mass is 10.2. The number of hydrogen-bond acceptors (Lipinski definition) is 3. The van der Waals surface area contributed by atoms with Gasteiger partial charge in [0, 0.05) is 16.1 Å². The smallest absolute Gasteiger partial charge is 0.259 e. The van der Waals surface area contributed by atoms with E-state index >= 15 is 0 Å². The highest BCUT2D eigenvalue weighted by Crippen LogP contribution is 2.38. The molecular formula is C21H13Br2ClN2O2. The van der Waals surface area contributed by atoms with Crippen LogP contribution in [0.25, 0.3) is 22.3 Å². The number of halogens is 3. The molecule has 7 heteroatoms. The lowest BCUT2D eigenvalue weighted by Crippen LogP contribution is -2.09. The highest BCUT2D eigenvalue weighted by atomic mass is 79.9. The molecule has 4 aromatic rings. The van der Waals surface area contributed by atoms with Gasteiger partial charge in [0.2, 0.25) is 0 Å². The van der Waals surface area contributed by atoms with E-state index in [1.807, 2.05) is 54.6 Å². The number of H-pyrrole nitrogens is 1. The summed E-state index contributed by atoms with van der Waals surface area (Å²) in [6.45, 7) is 0.335. The molecule has 3 aromatic carbocycles. The maximum absolute atomic E-state index is 12.3. The number of rotatable bonds is 4. The van der Waals surface area contributed by atoms with E-state index in [4.69, 9.17) is 16.3 Å². The molecule has 0 fully saturated rings. The van der Waals surface area contributed by atoms with Crippen LogP contribution in [-0.4, -0.2) is 9.97 Å². The van der Waals surface area contributed by atoms with Gasteiger partial charge < -0.3 is 9.72 Å². The van der Waals surface area contributed by atoms with Gasteiger partial charge in [-0.25, -0.2) is 4.98 Å². The lowest BCUT2D eigenvalue weighted by Gasteiger charge is -2.13. The number of hydrogen-bond donors (Lipinski definition) is 1. The molecule has 0 bridgehead atoms. The van der Waals surface area contributed by atoms with Crippen molar-refractivity contribution in [1.29, 1.82) is 0 Å². The van der Waals surface area contributed by atoms with Crippen molar-refractivity contribution in [1.82, 2.24) is 9.97 Å². The summed E-state index contributed by atoms with van der Waals surface area (Å²) in [5.41, 5.74) is 2.12. The maximum atomic E-state index is 12.3. The van der Waals surface area contributed by atoms with E-state index in [2.05, 4.69) is 41.8 Å². The zero-order valence-electron chi connectivity index (χ0n) is 14.4. The molecule has 28 heavy (non-hydrogen) atoms. The first-order valence-electron chi connectivity index (χ1n) is 8.37. The van der Waals surface area contributed by atoms with Crippen LogP contribution in [0.2, 0.25) is 5.02 Å². The molecule has 0 aliphatic heterocycles. The predicted molar refractivity (Wildman–Crippen MR) is 119 cm³/mol. The molecule has 0 aliphatic rings. The van der Waals surface area contributed by atoms with E-state index in [1.165, 1.54) is 0 Å². The molecule has 0 amide bonds. The van der Waals surface area contributed by atoms with Crippen LogP contribution >= 0.6 is 43.5 Å². The second-order valence-corrected chi connectivity index (χ2v) is 8.20. The molecular weight excluding hydrogens is 508 g/mol. The third-order valence-corrected chi connectivity index (χ3v) is 5.76. The second kappa shape index (κ2) is 8.07. The fraction of sp³-hybridized carbons (Fsp3) is 0.0476. The summed E-state index contributed by atoms with van der Waals surface area (Å²) < 4.78 is 7.42. The van der Waals surface area contributed by atoms with Gasteiger partial charge in [-0.15, -0.1) is 0 Å². The predicted octanol–water partition coefficient (Wildman–Crippen LogP) is 6.35. The summed E-state index contributed by atoms with van der Waals surface area (Å²) in [7, 11) is 0. The zero-order valence-corrected chi connectivity index (χ0v) is 18.3. The molecule has 4 rings (SSSR count). The van der Waals surface area contributed by atoms with Crippen LogP contribution in [0.4, 0.5) is 0 Å². The van der Waals surface area contributed by atoms with E-state index in [-0.39, 0.29) is 5.56 Å². The Hall–Kier alpha value is -2.15. The monoisotopic (exact) mass is 518 g/mol. The van der Waals surface area contributed by atoms with E-state index < -0.39 is 0 Å². The fourth-order valence-corrected chi connectivity index (χ4v) is 4.43. The summed E-state index contributed by atoms with van der Waals surface area (Å²) in [5, 5.41) is 1.22. The van der Waals surface area contributed by atoms with Gasteiger partial charge in [0.05, 0.1) is 19.8 Å². The minimum absolute atomic E-state index is 0.174. The highest BCUT2D eigenvalue weighted by Gasteiger charge is 2.13. The molecule has 140 valence electrons. The normalized spacial score (nSPS) is 11.0. The van der Waals surface area contributed by atoms with Gasteiger partial charge in [-0.2, -0.15) is 0 Å². The highest BCUT2D eigenvalue weighted by molar-refractivity contribution is 9.11. The average molecular weight is 521 g/mol. The molecule has 1 heterocycles. The molecule has 0 spiro atoms. The molecule has 0 saturated carbocycles. The first kappa shape index (κ1) is 19.2. The van der Waals surface area contributed by atoms with Crippen molar-refractivity contribution in [2.45, 2.75) is 6.61 Å². The molecule has 0 atom stereocenters. The van der Waals surface area contributed by atoms with Crippen LogP contribution < -0.4 is 10.3 Å². The first-order valence-corrected chi connectivity index (χ1v) is 10.3. The van der Waals surface area contributed by atoms with Crippen molar-refractivity contribution in [3.05, 3.63) is 90.5 Å². The molecule has 0 unspecified atom stereocenters. The standard InChI is InChI=1S/C21H13Br2ClN2O2/c22-15-9-13(20-25-18-8-4-2-6-14(18)21(27)26-20)10-16(23)19(15)28-11-12-5-1-3-7-17(12)24/h1-10H,11H2,(H,25,26,27). The van der Waals surface area contributed by atoms with Crippen molar-refractivity contribution < 1.29 is 4.74 Å². The molecule has 4 nitrogen and oxygen atoms in total. The van der Waals surface area contributed by atoms with Gasteiger partial charge >= 0.3 is 0 Å². The Labute approximate surface area is 182 Å². The Balaban J connectivity index is 1.68. The van der Waals surface area contributed by atoms with Gasteiger partial charge in [0.25, 0.3) is 5.56 Å². The molecule has 1 aromatic heterocycles. The third-order valence-electron chi connectivity index (χ3n) is 4.21. The summed E-state index contributed by atoms with van der Waals surface area (Å²) >= 11 is 13.3. The van der Waals surface area contributed by atoms with Crippen LogP contribution in [-0.2, 0) is 6.61 Å². The van der Waals surface area contributed by atoms with Gasteiger partial charge in [0.15, 0.2) is 0 Å². The van der Waals surface area contributed by atoms with Crippen LogP contribution in [0.15, 0.2) is 74.4 Å². The summed E-state index contributed by atoms with van der Waals surface area (Å²) in [6, 6.07) is 18.5. The van der Waals surface area contributed by atoms with Crippen molar-refractivity contribution in [3.8, 4) is 17.1 Å². The minimum atomic E-state index is -0.174. The quantitative estimate of drug-likeness (QED) is 0.341. The third kappa shape index (κ3) is 3.85. The fourth-order valence-electron chi connectivity index (χ4n) is 2.82. The largest absolute Gasteiger partial charge is 0.486 e. The number of ether oxygens (including phenoxy) is 1. The molecule has 0 aliphatic carbocycles. The molecule has 1 N–H and O–H groups in total. The van der Waals surface area contributed by atoms with Crippen molar-refractivity contribution >= 4 is 54.4 Å². The van der Waals surface area contributed by atoms with Crippen molar-refractivity contribution in [3.63, 3.8) is 0 Å². The van der Waals surface area contributed by atoms with Gasteiger partial charge in [-0.1, -0.05) is 41.9 Å². The van der Waals surface area contributed by atoms with Crippen molar-refractivity contribution in [2.75, 3.05) is 0 Å². The number of aromatic nitrogens is 2. The van der Waals surface area contributed by atoms with E-state index in [1.54, 1.807) is 6.07 Å². The Bertz CT molecular complexity index is 1220. The van der Waals surface area contributed by atoms with E-state index in [9.17, 15) is 4.79 Å². The van der Waals surface area contributed by atoms with E-state index in [0.29, 0.717) is 34.1 Å². The SMILES string of the molecule is O=c1[nH]c(-c2cc(Br)c(OCc3ccccc3Cl)c(Br)c2)nc2ccccc12. The number of nitrogens with one attached hydrogen (secondary N) is 1. The van der Waals surface area contributed by atoms with E-state index in [0.717, 1.165) is 20.1 Å². The van der Waals surface area contributed by atoms with Gasteiger partial charge in [-0.05, 0) is 62.2 Å². The van der Waals surface area contributed by atoms with Crippen molar-refractivity contribution in [2.24, 2.45) is 0 Å². The summed E-state index contributed by atoms with van der Waals surface area (Å²) in [6.07, 6.45) is 0. The van der Waals surface area contributed by atoms with Crippen LogP contribution in [0, 0.1) is 0 Å². The number of fused-ring (bicyclic) bond motifs is 1. The maximum Gasteiger partial charge on any atom is 0.259 e. The zero-order chi connectivity index (χ0) is 19.7. The number of nitrogens with zero attached hydrogens (tertiary/aromatic N) is 1. The van der Waals surface area contributed by atoms with Gasteiger partial charge in [0.1, 0.15) is 18.2 Å². The first-order chi connectivity index (χ1) is 13.5. The topological polar surface area (TPSA) is 55.0 Å². The summed E-state index contributed by atoms with van der Waals surface area (Å²) in [5.74, 6) is 1.13.